The van der Waals surface area contributed by atoms with Crippen LogP contribution in [-0.4, -0.2) is 63.4 Å². The maximum absolute atomic E-state index is 14.5. The van der Waals surface area contributed by atoms with Crippen molar-refractivity contribution in [3.05, 3.63) is 22.5 Å². The van der Waals surface area contributed by atoms with E-state index >= 15 is 0 Å². The van der Waals surface area contributed by atoms with Gasteiger partial charge in [0.2, 0.25) is 0 Å². The Balaban J connectivity index is 2.03. The fourth-order valence-corrected chi connectivity index (χ4v) is 2.99. The Morgan fingerprint density at radius 2 is 1.76 bits per heavy atom. The van der Waals surface area contributed by atoms with Gasteiger partial charge in [-0.2, -0.15) is 4.98 Å². The van der Waals surface area contributed by atoms with Gasteiger partial charge < -0.3 is 24.4 Å². The molecule has 186 valence electrons. The minimum absolute atomic E-state index is 0.115. The van der Waals surface area contributed by atoms with E-state index in [4.69, 9.17) is 14.2 Å². The third-order valence-electron chi connectivity index (χ3n) is 4.99. The van der Waals surface area contributed by atoms with Gasteiger partial charge in [-0.15, -0.1) is 0 Å². The summed E-state index contributed by atoms with van der Waals surface area (Å²) >= 11 is 0. The molecule has 0 aliphatic carbocycles. The molecule has 11 nitrogen and oxygen atoms in total. The van der Waals surface area contributed by atoms with Gasteiger partial charge in [0.15, 0.2) is 17.9 Å². The van der Waals surface area contributed by atoms with Crippen molar-refractivity contribution in [1.29, 1.82) is 0 Å². The minimum atomic E-state index is -1.63. The Hall–Kier alpha value is -2.57. The zero-order chi connectivity index (χ0) is 24.7. The van der Waals surface area contributed by atoms with Crippen LogP contribution in [0.15, 0.2) is 11.0 Å². The summed E-state index contributed by atoms with van der Waals surface area (Å²) < 4.78 is 30.5. The predicted octanol–water partition coefficient (Wildman–Crippen LogP) is 1.58. The molecule has 0 radical (unpaired) electrons. The number of hydrogen-bond acceptors (Lipinski definition) is 9. The van der Waals surface area contributed by atoms with Crippen molar-refractivity contribution in [2.24, 2.45) is 11.8 Å². The second-order valence-electron chi connectivity index (χ2n) is 8.72. The molecule has 2 heterocycles. The number of nitrogens with one attached hydrogen (secondary N) is 1. The Morgan fingerprint density at radius 3 is 2.36 bits per heavy atom. The first-order chi connectivity index (χ1) is 15.5. The number of aliphatic hydroxyl groups excluding tert-OH is 2. The van der Waals surface area contributed by atoms with Crippen LogP contribution in [0.25, 0.3) is 0 Å². The summed E-state index contributed by atoms with van der Waals surface area (Å²) in [6.07, 6.45) is -5.18. The molecule has 0 aromatic carbocycles. The van der Waals surface area contributed by atoms with E-state index in [1.54, 1.807) is 0 Å². The number of esters is 1. The SMILES string of the molecule is CC(C)CCOC(=O)C[C@H]1O[C@@H](n2cc(F)c(NC(=O)OCCC(C)C)nc2=O)[C@H](O)[C@@H]1O. The standard InChI is InChI=1S/C21H32FN3O8/c1-11(2)5-7-31-15(26)9-14-16(27)17(28)19(33-14)25-10-13(22)18(23-20(25)29)24-21(30)32-8-6-12(3)4/h10-12,14,16-17,19,27-28H,5-9H2,1-4H3,(H,23,24,29,30)/t14-,16-,17-,19-/m1/s1. The number of anilines is 1. The second kappa shape index (κ2) is 12.1. The van der Waals surface area contributed by atoms with Crippen LogP contribution in [0.4, 0.5) is 15.0 Å². The molecule has 0 bridgehead atoms. The molecule has 0 unspecified atom stereocenters. The number of aliphatic hydroxyl groups is 2. The number of carbonyl (C=O) groups is 2. The summed E-state index contributed by atoms with van der Waals surface area (Å²) in [7, 11) is 0. The molecule has 1 aromatic rings. The molecule has 4 atom stereocenters. The first-order valence-electron chi connectivity index (χ1n) is 10.9. The summed E-state index contributed by atoms with van der Waals surface area (Å²) in [4.78, 5) is 39.6. The van der Waals surface area contributed by atoms with Crippen molar-refractivity contribution in [3.63, 3.8) is 0 Å². The number of rotatable bonds is 10. The Kier molecular flexibility index (Phi) is 9.74. The maximum atomic E-state index is 14.5. The lowest BCUT2D eigenvalue weighted by molar-refractivity contribution is -0.148. The van der Waals surface area contributed by atoms with Crippen molar-refractivity contribution in [2.45, 2.75) is 71.5 Å². The number of aromatic nitrogens is 2. The van der Waals surface area contributed by atoms with Gasteiger partial charge in [-0.05, 0) is 24.7 Å². The van der Waals surface area contributed by atoms with Gasteiger partial charge in [0.1, 0.15) is 12.2 Å². The fraction of sp³-hybridized carbons (Fsp3) is 0.714. The molecule has 1 amide bonds. The minimum Gasteiger partial charge on any atom is -0.466 e. The van der Waals surface area contributed by atoms with Crippen molar-refractivity contribution < 1.29 is 38.4 Å². The van der Waals surface area contributed by atoms with Gasteiger partial charge in [-0.1, -0.05) is 27.7 Å². The number of amides is 1. The molecule has 1 aromatic heterocycles. The van der Waals surface area contributed by atoms with E-state index in [0.717, 1.165) is 0 Å². The number of hydrogen-bond donors (Lipinski definition) is 3. The molecule has 12 heteroatoms. The third kappa shape index (κ3) is 7.76. The van der Waals surface area contributed by atoms with E-state index in [9.17, 15) is 29.0 Å². The Labute approximate surface area is 190 Å². The third-order valence-corrected chi connectivity index (χ3v) is 4.99. The largest absolute Gasteiger partial charge is 0.466 e. The zero-order valence-electron chi connectivity index (χ0n) is 19.2. The molecule has 1 fully saturated rings. The highest BCUT2D eigenvalue weighted by Gasteiger charge is 2.45. The van der Waals surface area contributed by atoms with E-state index in [-0.39, 0.29) is 19.6 Å². The molecule has 0 saturated carbocycles. The molecule has 1 aliphatic rings. The highest BCUT2D eigenvalue weighted by atomic mass is 19.1. The van der Waals surface area contributed by atoms with Crippen LogP contribution >= 0.6 is 0 Å². The van der Waals surface area contributed by atoms with Crippen LogP contribution in [0.5, 0.6) is 0 Å². The monoisotopic (exact) mass is 473 g/mol. The average molecular weight is 473 g/mol. The molecule has 1 aliphatic heterocycles. The summed E-state index contributed by atoms with van der Waals surface area (Å²) in [6.45, 7) is 8.15. The van der Waals surface area contributed by atoms with Crippen LogP contribution in [0.1, 0.15) is 53.2 Å². The molecule has 1 saturated heterocycles. The van der Waals surface area contributed by atoms with Crippen molar-refractivity contribution in [2.75, 3.05) is 18.5 Å². The molecular weight excluding hydrogens is 441 g/mol. The fourth-order valence-electron chi connectivity index (χ4n) is 2.99. The summed E-state index contributed by atoms with van der Waals surface area (Å²) in [6, 6.07) is 0. The number of carbonyl (C=O) groups excluding carboxylic acids is 2. The zero-order valence-corrected chi connectivity index (χ0v) is 19.2. The summed E-state index contributed by atoms with van der Waals surface area (Å²) in [5.41, 5.74) is -1.05. The predicted molar refractivity (Wildman–Crippen MR) is 114 cm³/mol. The van der Waals surface area contributed by atoms with Crippen LogP contribution < -0.4 is 11.0 Å². The normalized spacial score (nSPS) is 22.6. The summed E-state index contributed by atoms with van der Waals surface area (Å²) in [5.74, 6) is -1.73. The van der Waals surface area contributed by atoms with Gasteiger partial charge in [0.05, 0.1) is 31.9 Å². The van der Waals surface area contributed by atoms with E-state index in [1.807, 2.05) is 27.7 Å². The van der Waals surface area contributed by atoms with Crippen LogP contribution in [0.3, 0.4) is 0 Å². The summed E-state index contributed by atoms with van der Waals surface area (Å²) in [5, 5.41) is 22.6. The van der Waals surface area contributed by atoms with Gasteiger partial charge in [-0.3, -0.25) is 14.7 Å². The van der Waals surface area contributed by atoms with E-state index < -0.39 is 53.9 Å². The van der Waals surface area contributed by atoms with Gasteiger partial charge in [0.25, 0.3) is 0 Å². The highest BCUT2D eigenvalue weighted by molar-refractivity contribution is 5.83. The van der Waals surface area contributed by atoms with Crippen molar-refractivity contribution >= 4 is 17.9 Å². The van der Waals surface area contributed by atoms with Crippen molar-refractivity contribution in [1.82, 2.24) is 9.55 Å². The van der Waals surface area contributed by atoms with Crippen LogP contribution in [0, 0.1) is 17.7 Å². The highest BCUT2D eigenvalue weighted by Crippen LogP contribution is 2.30. The Bertz CT molecular complexity index is 876. The quantitative estimate of drug-likeness (QED) is 0.430. The van der Waals surface area contributed by atoms with Crippen LogP contribution in [0.2, 0.25) is 0 Å². The lowest BCUT2D eigenvalue weighted by Gasteiger charge is -2.18. The number of halogens is 1. The van der Waals surface area contributed by atoms with E-state index in [2.05, 4.69) is 10.3 Å². The Morgan fingerprint density at radius 1 is 1.15 bits per heavy atom. The topological polar surface area (TPSA) is 149 Å². The van der Waals surface area contributed by atoms with Crippen LogP contribution in [-0.2, 0) is 19.0 Å². The molecular formula is C21H32FN3O8. The molecule has 0 spiro atoms. The lowest BCUT2D eigenvalue weighted by atomic mass is 10.1. The average Bonchev–Trinajstić information content (AvgIpc) is 2.98. The van der Waals surface area contributed by atoms with E-state index in [1.165, 1.54) is 0 Å². The number of ether oxygens (including phenoxy) is 3. The lowest BCUT2D eigenvalue weighted by Crippen LogP contribution is -2.36. The van der Waals surface area contributed by atoms with Crippen molar-refractivity contribution in [3.8, 4) is 0 Å². The first-order valence-corrected chi connectivity index (χ1v) is 10.9. The second-order valence-corrected chi connectivity index (χ2v) is 8.72. The van der Waals surface area contributed by atoms with E-state index in [0.29, 0.717) is 35.4 Å². The smallest absolute Gasteiger partial charge is 0.412 e. The van der Waals surface area contributed by atoms with Gasteiger partial charge in [-0.25, -0.2) is 14.0 Å². The molecule has 2 rings (SSSR count). The van der Waals surface area contributed by atoms with Gasteiger partial charge >= 0.3 is 17.8 Å². The first kappa shape index (κ1) is 26.7. The molecule has 3 N–H and O–H groups in total. The van der Waals surface area contributed by atoms with Gasteiger partial charge in [0, 0.05) is 0 Å². The number of nitrogens with zero attached hydrogens (tertiary/aromatic N) is 2. The molecule has 33 heavy (non-hydrogen) atoms. The maximum Gasteiger partial charge on any atom is 0.412 e.